The van der Waals surface area contributed by atoms with Crippen LogP contribution in [0.1, 0.15) is 39.7 Å². The van der Waals surface area contributed by atoms with E-state index in [4.69, 9.17) is 21.1 Å². The Kier molecular flexibility index (Phi) is 10.9. The average molecular weight is 616 g/mol. The van der Waals surface area contributed by atoms with Gasteiger partial charge >= 0.3 is 0 Å². The molecule has 0 aliphatic carbocycles. The molecule has 42 heavy (non-hydrogen) atoms. The number of amides is 2. The van der Waals surface area contributed by atoms with Gasteiger partial charge in [0.1, 0.15) is 24.1 Å². The number of methoxy groups -OCH3 is 2. The van der Waals surface area contributed by atoms with Gasteiger partial charge in [0.15, 0.2) is 0 Å². The first-order chi connectivity index (χ1) is 19.8. The Morgan fingerprint density at radius 1 is 0.929 bits per heavy atom. The highest BCUT2D eigenvalue weighted by atomic mass is 35.5. The molecule has 1 atom stereocenters. The Bertz CT molecular complexity index is 1470. The maximum Gasteiger partial charge on any atom is 0.264 e. The molecule has 0 saturated carbocycles. The molecule has 0 saturated heterocycles. The molecule has 1 unspecified atom stereocenters. The van der Waals surface area contributed by atoms with E-state index in [1.807, 2.05) is 20.8 Å². The summed E-state index contributed by atoms with van der Waals surface area (Å²) in [5.74, 6) is -0.152. The molecule has 0 aliphatic rings. The summed E-state index contributed by atoms with van der Waals surface area (Å²) in [6.45, 7) is 6.85. The minimum Gasteiger partial charge on any atom is -0.497 e. The van der Waals surface area contributed by atoms with Crippen molar-refractivity contribution in [3.05, 3.63) is 83.4 Å². The molecule has 11 heteroatoms. The fourth-order valence-electron chi connectivity index (χ4n) is 4.38. The molecule has 1 N–H and O–H groups in total. The summed E-state index contributed by atoms with van der Waals surface area (Å²) in [5.41, 5.74) is 0.375. The van der Waals surface area contributed by atoms with Crippen molar-refractivity contribution in [2.75, 3.05) is 25.1 Å². The minimum absolute atomic E-state index is 0.0382. The summed E-state index contributed by atoms with van der Waals surface area (Å²) in [4.78, 5) is 29.0. The molecule has 0 radical (unpaired) electrons. The monoisotopic (exact) mass is 615 g/mol. The molecule has 0 fully saturated rings. The number of para-hydroxylation sites is 2. The number of carbonyl (C=O) groups is 2. The highest BCUT2D eigenvalue weighted by Gasteiger charge is 2.35. The van der Waals surface area contributed by atoms with Crippen LogP contribution in [-0.4, -0.2) is 57.5 Å². The van der Waals surface area contributed by atoms with Crippen molar-refractivity contribution in [1.29, 1.82) is 0 Å². The zero-order valence-electron chi connectivity index (χ0n) is 24.8. The maximum atomic E-state index is 14.2. The van der Waals surface area contributed by atoms with Crippen LogP contribution in [0.5, 0.6) is 11.5 Å². The second-order valence-electron chi connectivity index (χ2n) is 10.7. The Morgan fingerprint density at radius 3 is 2.10 bits per heavy atom. The molecule has 0 bridgehead atoms. The predicted molar refractivity (Wildman–Crippen MR) is 164 cm³/mol. The van der Waals surface area contributed by atoms with Crippen molar-refractivity contribution in [3.8, 4) is 11.5 Å². The van der Waals surface area contributed by atoms with Crippen molar-refractivity contribution >= 4 is 39.1 Å². The topological polar surface area (TPSA) is 105 Å². The van der Waals surface area contributed by atoms with Crippen LogP contribution in [0.25, 0.3) is 0 Å². The molecular weight excluding hydrogens is 578 g/mol. The van der Waals surface area contributed by atoms with Crippen molar-refractivity contribution in [3.63, 3.8) is 0 Å². The van der Waals surface area contributed by atoms with Gasteiger partial charge < -0.3 is 19.7 Å². The van der Waals surface area contributed by atoms with Gasteiger partial charge in [-0.1, -0.05) is 42.8 Å². The van der Waals surface area contributed by atoms with Crippen LogP contribution in [0.15, 0.2) is 77.7 Å². The molecule has 9 nitrogen and oxygen atoms in total. The number of ether oxygens (including phenoxy) is 2. The molecule has 3 aromatic carbocycles. The number of nitrogens with zero attached hydrogens (tertiary/aromatic N) is 2. The van der Waals surface area contributed by atoms with Crippen molar-refractivity contribution in [1.82, 2.24) is 10.2 Å². The van der Waals surface area contributed by atoms with Gasteiger partial charge in [0, 0.05) is 17.1 Å². The zero-order chi connectivity index (χ0) is 31.1. The van der Waals surface area contributed by atoms with E-state index in [2.05, 4.69) is 5.32 Å². The predicted octanol–water partition coefficient (Wildman–Crippen LogP) is 5.27. The van der Waals surface area contributed by atoms with Crippen LogP contribution in [0.2, 0.25) is 5.02 Å². The number of hydrogen-bond donors (Lipinski definition) is 1. The van der Waals surface area contributed by atoms with Crippen molar-refractivity contribution in [2.45, 2.75) is 57.1 Å². The van der Waals surface area contributed by atoms with Crippen LogP contribution in [0.3, 0.4) is 0 Å². The summed E-state index contributed by atoms with van der Waals surface area (Å²) in [7, 11) is -1.36. The summed E-state index contributed by atoms with van der Waals surface area (Å²) < 4.78 is 39.8. The van der Waals surface area contributed by atoms with Gasteiger partial charge in [0.2, 0.25) is 11.8 Å². The quantitative estimate of drug-likeness (QED) is 0.297. The van der Waals surface area contributed by atoms with E-state index in [0.717, 1.165) is 9.87 Å². The number of rotatable bonds is 12. The number of sulfonamides is 1. The molecule has 0 spiro atoms. The van der Waals surface area contributed by atoms with E-state index in [1.165, 1.54) is 43.4 Å². The molecule has 226 valence electrons. The van der Waals surface area contributed by atoms with Crippen molar-refractivity contribution < 1.29 is 27.5 Å². The highest BCUT2D eigenvalue weighted by Crippen LogP contribution is 2.33. The molecular formula is C31H38ClN3O6S. The Morgan fingerprint density at radius 2 is 1.55 bits per heavy atom. The Hall–Kier alpha value is -3.76. The lowest BCUT2D eigenvalue weighted by Gasteiger charge is -2.35. The number of hydrogen-bond acceptors (Lipinski definition) is 6. The standard InChI is InChI=1S/C31H38ClN3O6S/c1-7-26(30(37)33-31(2,3)4)34(20-22-12-14-23(32)15-13-22)29(36)21-35(27-10-8-9-11-28(27)41-6)42(38,39)25-18-16-24(40-5)17-19-25/h8-19,26H,7,20-21H2,1-6H3,(H,33,37). The SMILES string of the molecule is CCC(C(=O)NC(C)(C)C)N(Cc1ccc(Cl)cc1)C(=O)CN(c1ccccc1OC)S(=O)(=O)c1ccc(OC)cc1. The summed E-state index contributed by atoms with van der Waals surface area (Å²) >= 11 is 6.08. The number of anilines is 1. The summed E-state index contributed by atoms with van der Waals surface area (Å²) in [6, 6.07) is 18.5. The smallest absolute Gasteiger partial charge is 0.264 e. The number of halogens is 1. The van der Waals surface area contributed by atoms with Gasteiger partial charge in [-0.3, -0.25) is 13.9 Å². The summed E-state index contributed by atoms with van der Waals surface area (Å²) in [5, 5.41) is 3.48. The lowest BCUT2D eigenvalue weighted by atomic mass is 10.1. The highest BCUT2D eigenvalue weighted by molar-refractivity contribution is 7.92. The normalized spacial score (nSPS) is 12.3. The second-order valence-corrected chi connectivity index (χ2v) is 13.0. The lowest BCUT2D eigenvalue weighted by molar-refractivity contribution is -0.141. The third kappa shape index (κ3) is 8.17. The number of benzene rings is 3. The first-order valence-corrected chi connectivity index (χ1v) is 15.3. The van der Waals surface area contributed by atoms with Crippen LogP contribution in [0, 0.1) is 0 Å². The Balaban J connectivity index is 2.11. The third-order valence-electron chi connectivity index (χ3n) is 6.43. The second kappa shape index (κ2) is 13.9. The first kappa shape index (κ1) is 32.8. The van der Waals surface area contributed by atoms with Gasteiger partial charge in [-0.15, -0.1) is 0 Å². The first-order valence-electron chi connectivity index (χ1n) is 13.5. The van der Waals surface area contributed by atoms with E-state index in [9.17, 15) is 18.0 Å². The summed E-state index contributed by atoms with van der Waals surface area (Å²) in [6.07, 6.45) is 0.307. The minimum atomic E-state index is -4.27. The third-order valence-corrected chi connectivity index (χ3v) is 8.46. The van der Waals surface area contributed by atoms with Crippen LogP contribution >= 0.6 is 11.6 Å². The molecule has 3 rings (SSSR count). The molecule has 0 aliphatic heterocycles. The zero-order valence-corrected chi connectivity index (χ0v) is 26.3. The largest absolute Gasteiger partial charge is 0.497 e. The molecule has 0 heterocycles. The van der Waals surface area contributed by atoms with E-state index in [0.29, 0.717) is 17.2 Å². The molecule has 0 aromatic heterocycles. The fraction of sp³-hybridized carbons (Fsp3) is 0.355. The maximum absolute atomic E-state index is 14.2. The molecule has 2 amide bonds. The van der Waals surface area contributed by atoms with E-state index < -0.39 is 34.1 Å². The van der Waals surface area contributed by atoms with Crippen LogP contribution in [-0.2, 0) is 26.2 Å². The van der Waals surface area contributed by atoms with Crippen LogP contribution in [0.4, 0.5) is 5.69 Å². The lowest BCUT2D eigenvalue weighted by Crippen LogP contribution is -2.55. The van der Waals surface area contributed by atoms with Gasteiger partial charge in [-0.25, -0.2) is 8.42 Å². The van der Waals surface area contributed by atoms with E-state index in [-0.39, 0.29) is 28.8 Å². The average Bonchev–Trinajstić information content (AvgIpc) is 2.95. The fourth-order valence-corrected chi connectivity index (χ4v) is 5.93. The van der Waals surface area contributed by atoms with Gasteiger partial charge in [-0.2, -0.15) is 0 Å². The number of nitrogens with one attached hydrogen (secondary N) is 1. The van der Waals surface area contributed by atoms with Crippen LogP contribution < -0.4 is 19.1 Å². The molecule has 3 aromatic rings. The van der Waals surface area contributed by atoms with Gasteiger partial charge in [-0.05, 0) is 81.3 Å². The van der Waals surface area contributed by atoms with Gasteiger partial charge in [0.25, 0.3) is 10.0 Å². The Labute approximate surface area is 253 Å². The number of carbonyl (C=O) groups excluding carboxylic acids is 2. The van der Waals surface area contributed by atoms with Gasteiger partial charge in [0.05, 0.1) is 24.8 Å². The van der Waals surface area contributed by atoms with E-state index in [1.54, 1.807) is 55.5 Å². The van der Waals surface area contributed by atoms with Crippen molar-refractivity contribution in [2.24, 2.45) is 0 Å². The van der Waals surface area contributed by atoms with E-state index >= 15 is 0 Å².